The summed E-state index contributed by atoms with van der Waals surface area (Å²) < 4.78 is 22.5. The van der Waals surface area contributed by atoms with E-state index in [4.69, 9.17) is 25.3 Å². The van der Waals surface area contributed by atoms with Crippen LogP contribution in [0.25, 0.3) is 0 Å². The van der Waals surface area contributed by atoms with E-state index in [0.717, 1.165) is 23.9 Å². The minimum Gasteiger partial charge on any atom is -0.401 e. The number of nitrogens with two attached hydrogens (primary N) is 1. The molecule has 0 aromatic carbocycles. The minimum atomic E-state index is -5.51. The first-order valence-electron chi connectivity index (χ1n) is 6.07. The van der Waals surface area contributed by atoms with Crippen molar-refractivity contribution >= 4 is 15.2 Å². The quantitative estimate of drug-likeness (QED) is 0.325. The number of nitrogens with zero attached hydrogens (tertiary/aromatic N) is 1. The molecule has 0 aromatic heterocycles. The monoisotopic (exact) mass is 344 g/mol. The lowest BCUT2D eigenvalue weighted by Crippen LogP contribution is -2.39. The Morgan fingerprint density at radius 1 is 1.29 bits per heavy atom. The molecule has 0 atom stereocenters. The number of aliphatic hydroxyl groups is 1. The molecule has 0 fully saturated rings. The van der Waals surface area contributed by atoms with Crippen LogP contribution in [0.2, 0.25) is 0 Å². The number of hydrogen-bond acceptors (Lipinski definition) is 5. The van der Waals surface area contributed by atoms with Crippen LogP contribution in [0, 0.1) is 0 Å². The standard InChI is InChI=1S/C10H22N2O7P2/c1-3-5-6-9(11)7-12(4-2)8-10(13,20(14,15)16)21(17,18)19/h4,7,13H,2-3,5-6,8,11H2,1H3,(H2,14,15,16)(H2,17,18,19)/b9-7-. The van der Waals surface area contributed by atoms with Crippen LogP contribution >= 0.6 is 15.2 Å². The van der Waals surface area contributed by atoms with Gasteiger partial charge in [0, 0.05) is 11.9 Å². The van der Waals surface area contributed by atoms with Crippen LogP contribution in [0.1, 0.15) is 26.2 Å². The zero-order valence-corrected chi connectivity index (χ0v) is 13.5. The Morgan fingerprint density at radius 3 is 2.10 bits per heavy atom. The molecule has 0 aliphatic heterocycles. The van der Waals surface area contributed by atoms with Gasteiger partial charge in [0.1, 0.15) is 0 Å². The average Bonchev–Trinajstić information content (AvgIpc) is 2.32. The van der Waals surface area contributed by atoms with Crippen LogP contribution in [0.4, 0.5) is 0 Å². The zero-order chi connectivity index (χ0) is 16.9. The second kappa shape index (κ2) is 7.56. The van der Waals surface area contributed by atoms with Gasteiger partial charge in [0.15, 0.2) is 0 Å². The summed E-state index contributed by atoms with van der Waals surface area (Å²) in [6.07, 6.45) is 4.41. The van der Waals surface area contributed by atoms with Crippen molar-refractivity contribution in [2.45, 2.75) is 31.3 Å². The highest BCUT2D eigenvalue weighted by Crippen LogP contribution is 2.67. The molecule has 0 unspecified atom stereocenters. The van der Waals surface area contributed by atoms with Gasteiger partial charge < -0.3 is 35.3 Å². The molecule has 0 bridgehead atoms. The summed E-state index contributed by atoms with van der Waals surface area (Å²) in [6.45, 7) is 4.25. The van der Waals surface area contributed by atoms with Crippen LogP contribution < -0.4 is 5.73 Å². The van der Waals surface area contributed by atoms with Crippen molar-refractivity contribution in [1.82, 2.24) is 4.90 Å². The van der Waals surface area contributed by atoms with Gasteiger partial charge in [0.25, 0.3) is 5.08 Å². The van der Waals surface area contributed by atoms with Crippen LogP contribution in [-0.4, -0.2) is 41.2 Å². The summed E-state index contributed by atoms with van der Waals surface area (Å²) in [5.74, 6) is 0. The number of hydrogen-bond donors (Lipinski definition) is 6. The van der Waals surface area contributed by atoms with Gasteiger partial charge in [0.2, 0.25) is 0 Å². The van der Waals surface area contributed by atoms with Crippen LogP contribution in [-0.2, 0) is 9.13 Å². The molecule has 0 rings (SSSR count). The van der Waals surface area contributed by atoms with E-state index < -0.39 is 26.8 Å². The molecule has 0 aromatic rings. The smallest absolute Gasteiger partial charge is 0.371 e. The highest BCUT2D eigenvalue weighted by molar-refractivity contribution is 7.72. The van der Waals surface area contributed by atoms with E-state index in [0.29, 0.717) is 12.1 Å². The summed E-state index contributed by atoms with van der Waals surface area (Å²) in [4.78, 5) is 37.1. The summed E-state index contributed by atoms with van der Waals surface area (Å²) in [5, 5.41) is 6.26. The summed E-state index contributed by atoms with van der Waals surface area (Å²) in [7, 11) is -11.0. The van der Waals surface area contributed by atoms with Crippen molar-refractivity contribution in [3.8, 4) is 0 Å². The van der Waals surface area contributed by atoms with E-state index in [2.05, 4.69) is 6.58 Å². The fourth-order valence-electron chi connectivity index (χ4n) is 1.42. The Hall–Kier alpha value is -0.660. The number of unbranched alkanes of at least 4 members (excludes halogenated alkanes) is 1. The zero-order valence-electron chi connectivity index (χ0n) is 11.7. The fraction of sp³-hybridized carbons (Fsp3) is 0.600. The van der Waals surface area contributed by atoms with Gasteiger partial charge in [-0.3, -0.25) is 9.13 Å². The van der Waals surface area contributed by atoms with Crippen molar-refractivity contribution in [2.75, 3.05) is 6.54 Å². The van der Waals surface area contributed by atoms with Crippen molar-refractivity contribution in [1.29, 1.82) is 0 Å². The van der Waals surface area contributed by atoms with Gasteiger partial charge in [-0.05, 0) is 19.0 Å². The SMILES string of the molecule is C=CN(/C=C(\N)CCCC)CC(O)(P(=O)(O)O)P(=O)(O)O. The first-order valence-corrected chi connectivity index (χ1v) is 9.29. The molecule has 0 amide bonds. The third kappa shape index (κ3) is 5.56. The van der Waals surface area contributed by atoms with Crippen molar-refractivity contribution in [3.05, 3.63) is 24.7 Å². The Bertz CT molecular complexity index is 460. The summed E-state index contributed by atoms with van der Waals surface area (Å²) in [5.41, 5.74) is 6.00. The lowest BCUT2D eigenvalue weighted by atomic mass is 10.2. The molecule has 124 valence electrons. The van der Waals surface area contributed by atoms with Crippen molar-refractivity contribution in [2.24, 2.45) is 5.73 Å². The van der Waals surface area contributed by atoms with E-state index in [1.807, 2.05) is 6.92 Å². The number of rotatable bonds is 9. The van der Waals surface area contributed by atoms with Gasteiger partial charge in [-0.15, -0.1) is 0 Å². The molecule has 7 N–H and O–H groups in total. The summed E-state index contributed by atoms with van der Waals surface area (Å²) >= 11 is 0. The van der Waals surface area contributed by atoms with Crippen LogP contribution in [0.15, 0.2) is 24.7 Å². The van der Waals surface area contributed by atoms with Crippen molar-refractivity contribution in [3.63, 3.8) is 0 Å². The van der Waals surface area contributed by atoms with Crippen molar-refractivity contribution < 1.29 is 33.8 Å². The fourth-order valence-corrected chi connectivity index (χ4v) is 3.47. The highest BCUT2D eigenvalue weighted by atomic mass is 31.2. The molecular weight excluding hydrogens is 322 g/mol. The number of allylic oxidation sites excluding steroid dienone is 1. The predicted octanol–water partition coefficient (Wildman–Crippen LogP) is 0.424. The third-order valence-corrected chi connectivity index (χ3v) is 6.42. The largest absolute Gasteiger partial charge is 0.401 e. The molecule has 0 aliphatic carbocycles. The molecule has 9 nitrogen and oxygen atoms in total. The van der Waals surface area contributed by atoms with E-state index in [9.17, 15) is 14.2 Å². The first-order chi connectivity index (χ1) is 9.39. The lowest BCUT2D eigenvalue weighted by Gasteiger charge is -2.32. The van der Waals surface area contributed by atoms with E-state index in [1.54, 1.807) is 0 Å². The Labute approximate surface area is 123 Å². The lowest BCUT2D eigenvalue weighted by molar-refractivity contribution is 0.113. The average molecular weight is 344 g/mol. The van der Waals surface area contributed by atoms with E-state index >= 15 is 0 Å². The maximum absolute atomic E-state index is 11.2. The van der Waals surface area contributed by atoms with Gasteiger partial charge in [-0.25, -0.2) is 0 Å². The third-order valence-electron chi connectivity index (χ3n) is 2.71. The Morgan fingerprint density at radius 2 is 1.76 bits per heavy atom. The molecule has 0 saturated carbocycles. The maximum atomic E-state index is 11.2. The first kappa shape index (κ1) is 20.3. The van der Waals surface area contributed by atoms with E-state index in [-0.39, 0.29) is 0 Å². The Balaban J connectivity index is 5.38. The molecule has 0 radical (unpaired) electrons. The molecule has 0 aliphatic rings. The van der Waals surface area contributed by atoms with Crippen LogP contribution in [0.5, 0.6) is 0 Å². The normalized spacial score (nSPS) is 14.1. The molecule has 21 heavy (non-hydrogen) atoms. The van der Waals surface area contributed by atoms with Gasteiger partial charge in [0.05, 0.1) is 6.54 Å². The minimum absolute atomic E-state index is 0.329. The van der Waals surface area contributed by atoms with Gasteiger partial charge in [-0.2, -0.15) is 0 Å². The predicted molar refractivity (Wildman–Crippen MR) is 77.7 cm³/mol. The molecular formula is C10H22N2O7P2. The molecule has 0 spiro atoms. The summed E-state index contributed by atoms with van der Waals surface area (Å²) in [6, 6.07) is 0. The van der Waals surface area contributed by atoms with Crippen LogP contribution in [0.3, 0.4) is 0 Å². The van der Waals surface area contributed by atoms with Gasteiger partial charge >= 0.3 is 15.2 Å². The maximum Gasteiger partial charge on any atom is 0.371 e. The highest BCUT2D eigenvalue weighted by Gasteiger charge is 2.60. The second-order valence-corrected chi connectivity index (χ2v) is 8.53. The topological polar surface area (TPSA) is 165 Å². The molecule has 0 saturated heterocycles. The molecule has 0 heterocycles. The molecule has 11 heteroatoms. The second-order valence-electron chi connectivity index (χ2n) is 4.52. The van der Waals surface area contributed by atoms with E-state index in [1.165, 1.54) is 6.20 Å². The Kier molecular flexibility index (Phi) is 7.32. The van der Waals surface area contributed by atoms with Gasteiger partial charge in [-0.1, -0.05) is 19.9 Å².